The molecule has 0 unspecified atom stereocenters. The zero-order valence-corrected chi connectivity index (χ0v) is 10.9. The zero-order valence-electron chi connectivity index (χ0n) is 10.9. The van der Waals surface area contributed by atoms with Crippen molar-refractivity contribution < 1.29 is 4.42 Å². The maximum absolute atomic E-state index is 5.52. The fraction of sp³-hybridized carbons (Fsp3) is 0.615. The smallest absolute Gasteiger partial charge is 0.297 e. The van der Waals surface area contributed by atoms with Crippen LogP contribution in [0.15, 0.2) is 22.3 Å². The summed E-state index contributed by atoms with van der Waals surface area (Å²) >= 11 is 0. The molecule has 2 heterocycles. The van der Waals surface area contributed by atoms with E-state index in [1.807, 2.05) is 0 Å². The Hall–Kier alpha value is -1.29. The number of aromatic nitrogens is 1. The second-order valence-electron chi connectivity index (χ2n) is 5.50. The van der Waals surface area contributed by atoms with E-state index in [2.05, 4.69) is 36.7 Å². The number of nitrogens with zero attached hydrogens (tertiary/aromatic N) is 2. The molecule has 0 spiro atoms. The lowest BCUT2D eigenvalue weighted by Gasteiger charge is -2.31. The Bertz CT molecular complexity index is 415. The van der Waals surface area contributed by atoms with Crippen molar-refractivity contribution in [3.05, 3.63) is 23.6 Å². The van der Waals surface area contributed by atoms with Gasteiger partial charge < -0.3 is 15.1 Å². The SMILES string of the molecule is CC(C)(C)C1=CCN(c2nc(CN)co2)CC1. The van der Waals surface area contributed by atoms with Crippen LogP contribution in [0.2, 0.25) is 0 Å². The van der Waals surface area contributed by atoms with E-state index in [1.54, 1.807) is 6.26 Å². The van der Waals surface area contributed by atoms with Crippen molar-refractivity contribution in [2.45, 2.75) is 33.7 Å². The van der Waals surface area contributed by atoms with Gasteiger partial charge in [-0.05, 0) is 11.8 Å². The lowest BCUT2D eigenvalue weighted by molar-refractivity contribution is 0.463. The maximum Gasteiger partial charge on any atom is 0.297 e. The number of hydrogen-bond acceptors (Lipinski definition) is 4. The van der Waals surface area contributed by atoms with Gasteiger partial charge in [0.1, 0.15) is 6.26 Å². The van der Waals surface area contributed by atoms with Crippen LogP contribution in [0.1, 0.15) is 32.9 Å². The second kappa shape index (κ2) is 4.53. The second-order valence-corrected chi connectivity index (χ2v) is 5.50. The summed E-state index contributed by atoms with van der Waals surface area (Å²) in [6.07, 6.45) is 5.00. The first-order valence-corrected chi connectivity index (χ1v) is 6.09. The van der Waals surface area contributed by atoms with Gasteiger partial charge in [0.15, 0.2) is 0 Å². The summed E-state index contributed by atoms with van der Waals surface area (Å²) in [4.78, 5) is 6.49. The summed E-state index contributed by atoms with van der Waals surface area (Å²) in [5.74, 6) is 0. The van der Waals surface area contributed by atoms with Crippen LogP contribution in [-0.4, -0.2) is 18.1 Å². The van der Waals surface area contributed by atoms with Crippen LogP contribution < -0.4 is 10.6 Å². The molecule has 0 aromatic carbocycles. The van der Waals surface area contributed by atoms with E-state index in [1.165, 1.54) is 5.57 Å². The van der Waals surface area contributed by atoms with E-state index in [0.717, 1.165) is 25.2 Å². The molecule has 0 fully saturated rings. The van der Waals surface area contributed by atoms with Crippen LogP contribution in [-0.2, 0) is 6.54 Å². The first-order chi connectivity index (χ1) is 8.00. The molecule has 0 bridgehead atoms. The molecule has 2 rings (SSSR count). The molecular weight excluding hydrogens is 214 g/mol. The molecule has 0 atom stereocenters. The fourth-order valence-corrected chi connectivity index (χ4v) is 2.06. The molecule has 94 valence electrons. The highest BCUT2D eigenvalue weighted by Crippen LogP contribution is 2.31. The Kier molecular flexibility index (Phi) is 3.24. The third-order valence-electron chi connectivity index (χ3n) is 3.19. The molecule has 0 saturated carbocycles. The van der Waals surface area contributed by atoms with Crippen molar-refractivity contribution in [2.75, 3.05) is 18.0 Å². The van der Waals surface area contributed by atoms with Crippen LogP contribution in [0.4, 0.5) is 6.01 Å². The van der Waals surface area contributed by atoms with E-state index in [0.29, 0.717) is 12.6 Å². The van der Waals surface area contributed by atoms with Gasteiger partial charge in [0.25, 0.3) is 6.01 Å². The summed E-state index contributed by atoms with van der Waals surface area (Å²) in [5, 5.41) is 0. The quantitative estimate of drug-likeness (QED) is 0.799. The van der Waals surface area contributed by atoms with Crippen LogP contribution in [0, 0.1) is 5.41 Å². The molecule has 1 aromatic rings. The van der Waals surface area contributed by atoms with Gasteiger partial charge in [-0.25, -0.2) is 0 Å². The average Bonchev–Trinajstić information content (AvgIpc) is 2.76. The monoisotopic (exact) mass is 235 g/mol. The van der Waals surface area contributed by atoms with E-state index >= 15 is 0 Å². The van der Waals surface area contributed by atoms with Crippen LogP contribution in [0.25, 0.3) is 0 Å². The summed E-state index contributed by atoms with van der Waals surface area (Å²) < 4.78 is 5.42. The van der Waals surface area contributed by atoms with Gasteiger partial charge in [-0.2, -0.15) is 4.98 Å². The molecule has 1 aliphatic rings. The predicted octanol–water partition coefficient (Wildman–Crippen LogP) is 2.32. The molecule has 0 amide bonds. The minimum Gasteiger partial charge on any atom is -0.432 e. The first-order valence-electron chi connectivity index (χ1n) is 6.09. The summed E-state index contributed by atoms with van der Waals surface area (Å²) in [6.45, 7) is 9.04. The van der Waals surface area contributed by atoms with Crippen molar-refractivity contribution in [3.63, 3.8) is 0 Å². The van der Waals surface area contributed by atoms with Gasteiger partial charge in [-0.3, -0.25) is 0 Å². The molecule has 0 radical (unpaired) electrons. The highest BCUT2D eigenvalue weighted by Gasteiger charge is 2.23. The van der Waals surface area contributed by atoms with E-state index in [-0.39, 0.29) is 5.41 Å². The highest BCUT2D eigenvalue weighted by molar-refractivity contribution is 5.33. The number of rotatable bonds is 2. The highest BCUT2D eigenvalue weighted by atomic mass is 16.4. The normalized spacial score (nSPS) is 17.2. The summed E-state index contributed by atoms with van der Waals surface area (Å²) in [5.41, 5.74) is 8.11. The molecule has 0 aliphatic carbocycles. The number of nitrogens with two attached hydrogens (primary N) is 1. The van der Waals surface area contributed by atoms with E-state index in [4.69, 9.17) is 10.2 Å². The predicted molar refractivity (Wildman–Crippen MR) is 68.8 cm³/mol. The van der Waals surface area contributed by atoms with Crippen molar-refractivity contribution in [1.82, 2.24) is 4.98 Å². The van der Waals surface area contributed by atoms with E-state index < -0.39 is 0 Å². The molecule has 0 saturated heterocycles. The molecule has 2 N–H and O–H groups in total. The van der Waals surface area contributed by atoms with E-state index in [9.17, 15) is 0 Å². The van der Waals surface area contributed by atoms with Crippen molar-refractivity contribution in [2.24, 2.45) is 11.1 Å². The lowest BCUT2D eigenvalue weighted by atomic mass is 9.83. The van der Waals surface area contributed by atoms with Gasteiger partial charge in [0, 0.05) is 19.6 Å². The Labute approximate surface area is 102 Å². The van der Waals surface area contributed by atoms with Gasteiger partial charge >= 0.3 is 0 Å². The Balaban J connectivity index is 2.06. The average molecular weight is 235 g/mol. The minimum absolute atomic E-state index is 0.269. The standard InChI is InChI=1S/C13H21N3O/c1-13(2,3)10-4-6-16(7-5-10)12-15-11(8-14)9-17-12/h4,9H,5-8,14H2,1-3H3. The van der Waals surface area contributed by atoms with Gasteiger partial charge in [-0.15, -0.1) is 0 Å². The van der Waals surface area contributed by atoms with Crippen molar-refractivity contribution in [3.8, 4) is 0 Å². The molecule has 1 aromatic heterocycles. The minimum atomic E-state index is 0.269. The molecule has 4 heteroatoms. The summed E-state index contributed by atoms with van der Waals surface area (Å²) in [6, 6.07) is 0.689. The number of anilines is 1. The zero-order chi connectivity index (χ0) is 12.5. The molecule has 17 heavy (non-hydrogen) atoms. The lowest BCUT2D eigenvalue weighted by Crippen LogP contribution is -2.31. The van der Waals surface area contributed by atoms with Gasteiger partial charge in [-0.1, -0.05) is 32.4 Å². The van der Waals surface area contributed by atoms with Gasteiger partial charge in [0.2, 0.25) is 0 Å². The fourth-order valence-electron chi connectivity index (χ4n) is 2.06. The number of oxazole rings is 1. The molecule has 1 aliphatic heterocycles. The van der Waals surface area contributed by atoms with Crippen LogP contribution >= 0.6 is 0 Å². The van der Waals surface area contributed by atoms with Crippen LogP contribution in [0.5, 0.6) is 0 Å². The molecule has 4 nitrogen and oxygen atoms in total. The molecular formula is C13H21N3O. The Morgan fingerprint density at radius 2 is 2.24 bits per heavy atom. The third kappa shape index (κ3) is 2.69. The largest absolute Gasteiger partial charge is 0.432 e. The Morgan fingerprint density at radius 3 is 2.71 bits per heavy atom. The van der Waals surface area contributed by atoms with Crippen LogP contribution in [0.3, 0.4) is 0 Å². The Morgan fingerprint density at radius 1 is 1.47 bits per heavy atom. The third-order valence-corrected chi connectivity index (χ3v) is 3.19. The van der Waals surface area contributed by atoms with Crippen molar-refractivity contribution >= 4 is 6.01 Å². The van der Waals surface area contributed by atoms with Gasteiger partial charge in [0.05, 0.1) is 5.69 Å². The maximum atomic E-state index is 5.52. The number of hydrogen-bond donors (Lipinski definition) is 1. The topological polar surface area (TPSA) is 55.3 Å². The first kappa shape index (κ1) is 12.2. The summed E-state index contributed by atoms with van der Waals surface area (Å²) in [7, 11) is 0. The van der Waals surface area contributed by atoms with Crippen molar-refractivity contribution in [1.29, 1.82) is 0 Å².